The molecule has 122 valence electrons. The summed E-state index contributed by atoms with van der Waals surface area (Å²) in [7, 11) is 0. The maximum atomic E-state index is 11.8. The van der Waals surface area contributed by atoms with Crippen LogP contribution in [0.4, 0.5) is 0 Å². The van der Waals surface area contributed by atoms with Crippen LogP contribution < -0.4 is 15.8 Å². The zero-order valence-electron chi connectivity index (χ0n) is 13.7. The zero-order chi connectivity index (χ0) is 16.7. The molecule has 2 aromatic carbocycles. The van der Waals surface area contributed by atoms with Crippen molar-refractivity contribution in [2.75, 3.05) is 13.2 Å². The average Bonchev–Trinajstić information content (AvgIpc) is 2.58. The Hall–Kier alpha value is -2.33. The molecule has 3 N–H and O–H groups in total. The van der Waals surface area contributed by atoms with Crippen molar-refractivity contribution in [1.82, 2.24) is 5.32 Å². The number of ether oxygens (including phenoxy) is 1. The van der Waals surface area contributed by atoms with Gasteiger partial charge in [0.1, 0.15) is 12.4 Å². The molecule has 0 saturated heterocycles. The van der Waals surface area contributed by atoms with Gasteiger partial charge in [-0.15, -0.1) is 0 Å². The van der Waals surface area contributed by atoms with Gasteiger partial charge >= 0.3 is 0 Å². The van der Waals surface area contributed by atoms with Crippen LogP contribution in [0.1, 0.15) is 13.8 Å². The first-order chi connectivity index (χ1) is 11.1. The van der Waals surface area contributed by atoms with E-state index in [-0.39, 0.29) is 11.8 Å². The third-order valence-electron chi connectivity index (χ3n) is 3.65. The quantitative estimate of drug-likeness (QED) is 0.773. The van der Waals surface area contributed by atoms with Gasteiger partial charge in [-0.3, -0.25) is 4.79 Å². The van der Waals surface area contributed by atoms with E-state index in [4.69, 9.17) is 10.5 Å². The maximum absolute atomic E-state index is 11.8. The predicted molar refractivity (Wildman–Crippen MR) is 93.2 cm³/mol. The Kier molecular flexibility index (Phi) is 6.18. The Bertz CT molecular complexity index is 626. The first-order valence-corrected chi connectivity index (χ1v) is 7.90. The van der Waals surface area contributed by atoms with Gasteiger partial charge in [-0.25, -0.2) is 0 Å². The molecule has 0 radical (unpaired) electrons. The van der Waals surface area contributed by atoms with E-state index < -0.39 is 6.04 Å². The number of nitrogens with two attached hydrogens (primary N) is 1. The van der Waals surface area contributed by atoms with Crippen LogP contribution >= 0.6 is 0 Å². The van der Waals surface area contributed by atoms with E-state index in [0.717, 1.165) is 16.9 Å². The highest BCUT2D eigenvalue weighted by Gasteiger charge is 2.16. The second-order valence-corrected chi connectivity index (χ2v) is 5.77. The molecule has 0 bridgehead atoms. The molecule has 0 unspecified atom stereocenters. The third-order valence-corrected chi connectivity index (χ3v) is 3.65. The summed E-state index contributed by atoms with van der Waals surface area (Å²) >= 11 is 0. The van der Waals surface area contributed by atoms with Crippen molar-refractivity contribution in [3.63, 3.8) is 0 Å². The fourth-order valence-electron chi connectivity index (χ4n) is 2.20. The van der Waals surface area contributed by atoms with Crippen molar-refractivity contribution in [2.45, 2.75) is 19.9 Å². The van der Waals surface area contributed by atoms with E-state index in [1.807, 2.05) is 68.4 Å². The van der Waals surface area contributed by atoms with E-state index in [1.54, 1.807) is 0 Å². The average molecular weight is 312 g/mol. The van der Waals surface area contributed by atoms with Crippen LogP contribution in [0.3, 0.4) is 0 Å². The fourth-order valence-corrected chi connectivity index (χ4v) is 2.20. The van der Waals surface area contributed by atoms with Crippen molar-refractivity contribution >= 4 is 5.91 Å². The molecule has 0 aliphatic heterocycles. The number of nitrogens with one attached hydrogen (secondary N) is 1. The molecule has 0 aliphatic carbocycles. The van der Waals surface area contributed by atoms with E-state index >= 15 is 0 Å². The lowest BCUT2D eigenvalue weighted by Gasteiger charge is -2.16. The Balaban J connectivity index is 1.91. The molecule has 4 nitrogen and oxygen atoms in total. The largest absolute Gasteiger partial charge is 0.491 e. The SMILES string of the molecule is CC(C)[C@H](N)C(=O)NCCOc1ccccc1-c1ccccc1. The number of hydrogen-bond donors (Lipinski definition) is 2. The molecule has 0 heterocycles. The van der Waals surface area contributed by atoms with Crippen LogP contribution in [0.2, 0.25) is 0 Å². The van der Waals surface area contributed by atoms with Gasteiger partial charge in [0, 0.05) is 5.56 Å². The molecule has 23 heavy (non-hydrogen) atoms. The normalized spacial score (nSPS) is 12.0. The Labute approximate surface area is 137 Å². The first kappa shape index (κ1) is 17.0. The molecular weight excluding hydrogens is 288 g/mol. The summed E-state index contributed by atoms with van der Waals surface area (Å²) in [4.78, 5) is 11.8. The molecule has 0 aromatic heterocycles. The molecule has 2 rings (SSSR count). The van der Waals surface area contributed by atoms with E-state index in [9.17, 15) is 4.79 Å². The van der Waals surface area contributed by atoms with Crippen LogP contribution in [0.25, 0.3) is 11.1 Å². The molecule has 0 fully saturated rings. The monoisotopic (exact) mass is 312 g/mol. The minimum atomic E-state index is -0.480. The number of carbonyl (C=O) groups is 1. The molecule has 0 saturated carbocycles. The van der Waals surface area contributed by atoms with E-state index in [2.05, 4.69) is 5.32 Å². The summed E-state index contributed by atoms with van der Waals surface area (Å²) in [5, 5.41) is 2.80. The number of amides is 1. The van der Waals surface area contributed by atoms with Crippen LogP contribution in [0.15, 0.2) is 54.6 Å². The van der Waals surface area contributed by atoms with Gasteiger partial charge < -0.3 is 15.8 Å². The van der Waals surface area contributed by atoms with Gasteiger partial charge in [-0.2, -0.15) is 0 Å². The smallest absolute Gasteiger partial charge is 0.237 e. The molecule has 4 heteroatoms. The molecule has 1 atom stereocenters. The minimum Gasteiger partial charge on any atom is -0.491 e. The van der Waals surface area contributed by atoms with Crippen molar-refractivity contribution in [1.29, 1.82) is 0 Å². The van der Waals surface area contributed by atoms with Gasteiger partial charge in [-0.1, -0.05) is 62.4 Å². The van der Waals surface area contributed by atoms with E-state index in [1.165, 1.54) is 0 Å². The topological polar surface area (TPSA) is 64.4 Å². The van der Waals surface area contributed by atoms with Gasteiger partial charge in [-0.05, 0) is 17.5 Å². The molecule has 0 spiro atoms. The van der Waals surface area contributed by atoms with Crippen LogP contribution in [0.5, 0.6) is 5.75 Å². The fraction of sp³-hybridized carbons (Fsp3) is 0.316. The van der Waals surface area contributed by atoms with Crippen LogP contribution in [0, 0.1) is 5.92 Å². The highest BCUT2D eigenvalue weighted by molar-refractivity contribution is 5.81. The van der Waals surface area contributed by atoms with E-state index in [0.29, 0.717) is 13.2 Å². The van der Waals surface area contributed by atoms with Crippen molar-refractivity contribution in [3.8, 4) is 16.9 Å². The zero-order valence-corrected chi connectivity index (χ0v) is 13.7. The molecule has 0 aliphatic rings. The lowest BCUT2D eigenvalue weighted by molar-refractivity contribution is -0.123. The van der Waals surface area contributed by atoms with Gasteiger partial charge in [0.25, 0.3) is 0 Å². The highest BCUT2D eigenvalue weighted by atomic mass is 16.5. The van der Waals surface area contributed by atoms with Crippen molar-refractivity contribution < 1.29 is 9.53 Å². The Morgan fingerprint density at radius 1 is 1.09 bits per heavy atom. The molecular formula is C19H24N2O2. The number of carbonyl (C=O) groups excluding carboxylic acids is 1. The number of para-hydroxylation sites is 1. The van der Waals surface area contributed by atoms with Gasteiger partial charge in [0.05, 0.1) is 12.6 Å². The van der Waals surface area contributed by atoms with Crippen LogP contribution in [-0.2, 0) is 4.79 Å². The number of hydrogen-bond acceptors (Lipinski definition) is 3. The lowest BCUT2D eigenvalue weighted by atomic mass is 10.0. The molecule has 2 aromatic rings. The maximum Gasteiger partial charge on any atom is 0.237 e. The Morgan fingerprint density at radius 3 is 2.43 bits per heavy atom. The minimum absolute atomic E-state index is 0.120. The first-order valence-electron chi connectivity index (χ1n) is 7.90. The summed E-state index contributed by atoms with van der Waals surface area (Å²) in [5.74, 6) is 0.788. The summed E-state index contributed by atoms with van der Waals surface area (Å²) in [6, 6.07) is 17.5. The number of benzene rings is 2. The summed E-state index contributed by atoms with van der Waals surface area (Å²) in [5.41, 5.74) is 7.95. The second-order valence-electron chi connectivity index (χ2n) is 5.77. The highest BCUT2D eigenvalue weighted by Crippen LogP contribution is 2.29. The van der Waals surface area contributed by atoms with Crippen molar-refractivity contribution in [2.24, 2.45) is 11.7 Å². The molecule has 1 amide bonds. The lowest BCUT2D eigenvalue weighted by Crippen LogP contribution is -2.45. The second kappa shape index (κ2) is 8.34. The predicted octanol–water partition coefficient (Wildman–Crippen LogP) is 2.83. The van der Waals surface area contributed by atoms with Crippen molar-refractivity contribution in [3.05, 3.63) is 54.6 Å². The number of rotatable bonds is 7. The summed E-state index contributed by atoms with van der Waals surface area (Å²) < 4.78 is 5.83. The van der Waals surface area contributed by atoms with Gasteiger partial charge in [0.2, 0.25) is 5.91 Å². The summed E-state index contributed by atoms with van der Waals surface area (Å²) in [6.45, 7) is 4.69. The standard InChI is InChI=1S/C19H24N2O2/c1-14(2)18(20)19(22)21-12-13-23-17-11-7-6-10-16(17)15-8-4-3-5-9-15/h3-11,14,18H,12-13,20H2,1-2H3,(H,21,22)/t18-/m0/s1. The summed E-state index contributed by atoms with van der Waals surface area (Å²) in [6.07, 6.45) is 0. The van der Waals surface area contributed by atoms with Gasteiger partial charge in [0.15, 0.2) is 0 Å². The van der Waals surface area contributed by atoms with Crippen LogP contribution in [-0.4, -0.2) is 25.1 Å². The Morgan fingerprint density at radius 2 is 1.74 bits per heavy atom. The third kappa shape index (κ3) is 4.83.